The van der Waals surface area contributed by atoms with E-state index in [2.05, 4.69) is 15.3 Å². The fourth-order valence-electron chi connectivity index (χ4n) is 2.02. The summed E-state index contributed by atoms with van der Waals surface area (Å²) in [6, 6.07) is 0.165. The summed E-state index contributed by atoms with van der Waals surface area (Å²) in [6.07, 6.45) is -2.70. The Morgan fingerprint density at radius 1 is 1.27 bits per heavy atom. The van der Waals surface area contributed by atoms with E-state index in [4.69, 9.17) is 0 Å². The third-order valence-corrected chi connectivity index (χ3v) is 3.51. The molecule has 2 N–H and O–H groups in total. The van der Waals surface area contributed by atoms with Crippen LogP contribution in [0.1, 0.15) is 19.4 Å². The maximum atomic E-state index is 12.7. The molecule has 128 valence electrons. The summed E-state index contributed by atoms with van der Waals surface area (Å²) in [7, 11) is 0. The first-order valence-electron chi connectivity index (χ1n) is 6.32. The van der Waals surface area contributed by atoms with Crippen molar-refractivity contribution in [1.82, 2.24) is 15.3 Å². The maximum Gasteiger partial charge on any atom is 0.421 e. The van der Waals surface area contributed by atoms with Crippen molar-refractivity contribution in [1.29, 1.82) is 0 Å². The predicted octanol–water partition coefficient (Wildman–Crippen LogP) is 1.89. The molecule has 0 radical (unpaired) electrons. The molecule has 0 aliphatic carbocycles. The van der Waals surface area contributed by atoms with Gasteiger partial charge in [0.1, 0.15) is 0 Å². The van der Waals surface area contributed by atoms with E-state index in [9.17, 15) is 18.3 Å². The number of halogens is 5. The van der Waals surface area contributed by atoms with Gasteiger partial charge < -0.3 is 15.3 Å². The van der Waals surface area contributed by atoms with Gasteiger partial charge >= 0.3 is 6.18 Å². The topological polar surface area (TPSA) is 61.3 Å². The Morgan fingerprint density at radius 2 is 1.82 bits per heavy atom. The van der Waals surface area contributed by atoms with Crippen molar-refractivity contribution in [2.75, 3.05) is 24.5 Å². The van der Waals surface area contributed by atoms with Gasteiger partial charge in [0.2, 0.25) is 5.95 Å². The summed E-state index contributed by atoms with van der Waals surface area (Å²) in [4.78, 5) is 9.84. The first-order valence-corrected chi connectivity index (χ1v) is 6.32. The molecule has 1 unspecified atom stereocenters. The van der Waals surface area contributed by atoms with Gasteiger partial charge in [0.25, 0.3) is 0 Å². The highest BCUT2D eigenvalue weighted by molar-refractivity contribution is 5.85. The number of nitrogens with zero attached hydrogens (tertiary/aromatic N) is 3. The number of aliphatic hydroxyl groups is 1. The van der Waals surface area contributed by atoms with Gasteiger partial charge in [0.05, 0.1) is 0 Å². The summed E-state index contributed by atoms with van der Waals surface area (Å²) in [5.74, 6) is 0.376. The Kier molecular flexibility index (Phi) is 7.34. The van der Waals surface area contributed by atoms with Crippen molar-refractivity contribution >= 4 is 30.8 Å². The Morgan fingerprint density at radius 3 is 2.27 bits per heavy atom. The zero-order chi connectivity index (χ0) is 15.0. The Bertz CT molecular complexity index is 470. The van der Waals surface area contributed by atoms with Crippen LogP contribution in [0.2, 0.25) is 0 Å². The van der Waals surface area contributed by atoms with Crippen molar-refractivity contribution in [2.45, 2.75) is 31.7 Å². The highest BCUT2D eigenvalue weighted by Crippen LogP contribution is 2.38. The molecular formula is C12H19Cl2F3N4O. The Hall–Kier alpha value is -0.830. The fraction of sp³-hybridized carbons (Fsp3) is 0.667. The van der Waals surface area contributed by atoms with Crippen LogP contribution in [0.15, 0.2) is 12.4 Å². The van der Waals surface area contributed by atoms with Crippen LogP contribution in [0.4, 0.5) is 19.1 Å². The van der Waals surface area contributed by atoms with Gasteiger partial charge in [0, 0.05) is 43.6 Å². The van der Waals surface area contributed by atoms with Gasteiger partial charge in [-0.05, 0) is 13.8 Å². The third-order valence-electron chi connectivity index (χ3n) is 3.51. The summed E-state index contributed by atoms with van der Waals surface area (Å²) in [5.41, 5.74) is -3.31. The smallest absolute Gasteiger partial charge is 0.376 e. The SMILES string of the molecule is C[C@H]1CNCCN1c1ncc(C(C)(O)C(F)(F)F)cn1.Cl.Cl. The quantitative estimate of drug-likeness (QED) is 0.841. The highest BCUT2D eigenvalue weighted by atomic mass is 35.5. The molecule has 2 rings (SSSR count). The van der Waals surface area contributed by atoms with Crippen LogP contribution < -0.4 is 10.2 Å². The van der Waals surface area contributed by atoms with Crippen LogP contribution in [0.3, 0.4) is 0 Å². The number of alkyl halides is 3. The lowest BCUT2D eigenvalue weighted by atomic mass is 9.99. The van der Waals surface area contributed by atoms with E-state index < -0.39 is 11.8 Å². The van der Waals surface area contributed by atoms with E-state index in [1.807, 2.05) is 11.8 Å². The molecule has 1 aliphatic heterocycles. The molecule has 0 amide bonds. The molecule has 0 bridgehead atoms. The summed E-state index contributed by atoms with van der Waals surface area (Å²) in [6.45, 7) is 4.91. The van der Waals surface area contributed by atoms with Crippen LogP contribution in [-0.4, -0.2) is 46.9 Å². The van der Waals surface area contributed by atoms with Crippen molar-refractivity contribution in [3.05, 3.63) is 18.0 Å². The molecule has 2 heterocycles. The van der Waals surface area contributed by atoms with Crippen LogP contribution in [0.25, 0.3) is 0 Å². The molecule has 5 nitrogen and oxygen atoms in total. The molecular weight excluding hydrogens is 344 g/mol. The van der Waals surface area contributed by atoms with Gasteiger partial charge in [-0.25, -0.2) is 9.97 Å². The van der Waals surface area contributed by atoms with E-state index in [1.54, 1.807) is 0 Å². The van der Waals surface area contributed by atoms with Crippen molar-refractivity contribution in [3.63, 3.8) is 0 Å². The summed E-state index contributed by atoms with van der Waals surface area (Å²) < 4.78 is 38.1. The Labute approximate surface area is 139 Å². The van der Waals surface area contributed by atoms with Crippen molar-refractivity contribution in [3.8, 4) is 0 Å². The lowest BCUT2D eigenvalue weighted by Gasteiger charge is -2.34. The van der Waals surface area contributed by atoms with Crippen molar-refractivity contribution in [2.24, 2.45) is 0 Å². The van der Waals surface area contributed by atoms with Crippen LogP contribution >= 0.6 is 24.8 Å². The third kappa shape index (κ3) is 4.13. The van der Waals surface area contributed by atoms with E-state index in [0.717, 1.165) is 25.5 Å². The van der Waals surface area contributed by atoms with E-state index in [0.29, 0.717) is 19.4 Å². The van der Waals surface area contributed by atoms with Crippen LogP contribution in [-0.2, 0) is 5.60 Å². The van der Waals surface area contributed by atoms with E-state index in [-0.39, 0.29) is 36.4 Å². The standard InChI is InChI=1S/C12H17F3N4O.2ClH/c1-8-5-16-3-4-19(8)10-17-6-9(7-18-10)11(2,20)12(13,14)15;;/h6-8,16,20H,3-5H2,1-2H3;2*1H/t8-,11?;;/m0../s1. The van der Waals surface area contributed by atoms with Crippen LogP contribution in [0, 0.1) is 0 Å². The second-order valence-electron chi connectivity index (χ2n) is 5.09. The molecule has 0 spiro atoms. The second kappa shape index (κ2) is 7.63. The number of nitrogens with one attached hydrogen (secondary N) is 1. The van der Waals surface area contributed by atoms with E-state index in [1.165, 1.54) is 0 Å². The summed E-state index contributed by atoms with van der Waals surface area (Å²) >= 11 is 0. The first-order chi connectivity index (χ1) is 9.23. The fourth-order valence-corrected chi connectivity index (χ4v) is 2.02. The summed E-state index contributed by atoms with van der Waals surface area (Å²) in [5, 5.41) is 12.8. The molecule has 0 aromatic carbocycles. The molecule has 22 heavy (non-hydrogen) atoms. The number of anilines is 1. The minimum Gasteiger partial charge on any atom is -0.376 e. The monoisotopic (exact) mass is 362 g/mol. The number of aromatic nitrogens is 2. The molecule has 1 aromatic heterocycles. The lowest BCUT2D eigenvalue weighted by Crippen LogP contribution is -2.50. The zero-order valence-electron chi connectivity index (χ0n) is 12.1. The normalized spacial score (nSPS) is 21.4. The minimum atomic E-state index is -4.76. The van der Waals surface area contributed by atoms with Gasteiger partial charge in [-0.3, -0.25) is 0 Å². The number of rotatable bonds is 2. The molecule has 1 fully saturated rings. The van der Waals surface area contributed by atoms with Crippen molar-refractivity contribution < 1.29 is 18.3 Å². The second-order valence-corrected chi connectivity index (χ2v) is 5.09. The van der Waals surface area contributed by atoms with Gasteiger partial charge in [-0.15, -0.1) is 24.8 Å². The zero-order valence-corrected chi connectivity index (χ0v) is 13.7. The molecule has 1 aromatic rings. The van der Waals surface area contributed by atoms with Gasteiger partial charge in [0.15, 0.2) is 5.60 Å². The van der Waals surface area contributed by atoms with E-state index >= 15 is 0 Å². The average molecular weight is 363 g/mol. The minimum absolute atomic E-state index is 0. The van der Waals surface area contributed by atoms with Gasteiger partial charge in [-0.1, -0.05) is 0 Å². The number of piperazine rings is 1. The number of hydrogen-bond donors (Lipinski definition) is 2. The number of hydrogen-bond acceptors (Lipinski definition) is 5. The largest absolute Gasteiger partial charge is 0.421 e. The maximum absolute atomic E-state index is 12.7. The first kappa shape index (κ1) is 21.2. The Balaban J connectivity index is 0.00000220. The highest BCUT2D eigenvalue weighted by Gasteiger charge is 2.51. The molecule has 2 atom stereocenters. The molecule has 0 saturated carbocycles. The van der Waals surface area contributed by atoms with Gasteiger partial charge in [-0.2, -0.15) is 13.2 Å². The lowest BCUT2D eigenvalue weighted by molar-refractivity contribution is -0.259. The van der Waals surface area contributed by atoms with Crippen LogP contribution in [0.5, 0.6) is 0 Å². The molecule has 10 heteroatoms. The molecule has 1 saturated heterocycles. The predicted molar refractivity (Wildman–Crippen MR) is 81.8 cm³/mol. The average Bonchev–Trinajstić information content (AvgIpc) is 2.38. The molecule has 1 aliphatic rings.